The lowest BCUT2D eigenvalue weighted by Crippen LogP contribution is -2.30. The molecule has 3 aromatic heterocycles. The number of ether oxygens (including phenoxy) is 2. The fourth-order valence-electron chi connectivity index (χ4n) is 4.09. The number of nitrogens with one attached hydrogen (secondary N) is 2. The first kappa shape index (κ1) is 22.7. The number of benzene rings is 1. The smallest absolute Gasteiger partial charge is 0.270 e. The Balaban J connectivity index is 1.42. The summed E-state index contributed by atoms with van der Waals surface area (Å²) < 4.78 is 26.5. The van der Waals surface area contributed by atoms with E-state index in [-0.39, 0.29) is 17.5 Å². The van der Waals surface area contributed by atoms with Crippen LogP contribution in [-0.4, -0.2) is 52.0 Å². The van der Waals surface area contributed by atoms with Crippen molar-refractivity contribution in [3.63, 3.8) is 0 Å². The molecule has 1 aliphatic heterocycles. The van der Waals surface area contributed by atoms with Gasteiger partial charge in [0.05, 0.1) is 37.5 Å². The molecule has 4 aromatic rings. The molecule has 5 rings (SSSR count). The predicted octanol–water partition coefficient (Wildman–Crippen LogP) is 3.23. The van der Waals surface area contributed by atoms with Crippen molar-refractivity contribution < 1.29 is 18.7 Å². The number of nitrogens with zero attached hydrogens (tertiary/aromatic N) is 4. The average molecular weight is 477 g/mol. The van der Waals surface area contributed by atoms with Crippen LogP contribution in [0, 0.1) is 5.82 Å². The number of methoxy groups -OCH3 is 1. The van der Waals surface area contributed by atoms with E-state index in [1.54, 1.807) is 48.5 Å². The molecule has 1 saturated heterocycles. The van der Waals surface area contributed by atoms with E-state index in [4.69, 9.17) is 9.47 Å². The van der Waals surface area contributed by atoms with Crippen LogP contribution < -0.4 is 15.4 Å². The van der Waals surface area contributed by atoms with E-state index >= 15 is 0 Å². The minimum absolute atomic E-state index is 0.128. The maximum Gasteiger partial charge on any atom is 0.270 e. The first-order valence-corrected chi connectivity index (χ1v) is 11.2. The summed E-state index contributed by atoms with van der Waals surface area (Å²) in [5.74, 6) is -0.104. The molecule has 1 aliphatic rings. The molecule has 1 fully saturated rings. The molecule has 2 N–H and O–H groups in total. The Hall–Kier alpha value is -4.05. The van der Waals surface area contributed by atoms with Gasteiger partial charge in [0.25, 0.3) is 5.91 Å². The maximum absolute atomic E-state index is 14.5. The van der Waals surface area contributed by atoms with E-state index in [9.17, 15) is 9.18 Å². The number of hydrogen-bond acceptors (Lipinski definition) is 7. The van der Waals surface area contributed by atoms with Gasteiger partial charge in [-0.1, -0.05) is 6.07 Å². The van der Waals surface area contributed by atoms with Gasteiger partial charge >= 0.3 is 0 Å². The molecule has 1 unspecified atom stereocenters. The number of carbonyl (C=O) groups excluding carboxylic acids is 1. The van der Waals surface area contributed by atoms with Crippen LogP contribution in [0.4, 0.5) is 10.2 Å². The van der Waals surface area contributed by atoms with Gasteiger partial charge < -0.3 is 20.1 Å². The fourth-order valence-corrected chi connectivity index (χ4v) is 4.09. The standard InChI is InChI=1S/C25H25FN6O3/c1-32-13-17(12-28-32)24(15-4-6-22(34-2)19(26)9-15)31-25(33)20-5-3-16-11-27-23(10-21(16)30-20)29-18-7-8-35-14-18/h3-6,9-13,18,24H,7-8,14H2,1-2H3,(H,27,29)(H,31,33)/t18?,24-/m0/s1. The number of aromatic nitrogens is 4. The zero-order chi connectivity index (χ0) is 24.4. The summed E-state index contributed by atoms with van der Waals surface area (Å²) in [5.41, 5.74) is 2.14. The molecule has 0 saturated carbocycles. The van der Waals surface area contributed by atoms with Gasteiger partial charge in [-0.3, -0.25) is 9.48 Å². The number of aryl methyl sites for hydroxylation is 1. The number of hydrogen-bond donors (Lipinski definition) is 2. The SMILES string of the molecule is COc1ccc([C@H](NC(=O)c2ccc3cnc(NC4CCOC4)cc3n2)c2cnn(C)c2)cc1F. The van der Waals surface area contributed by atoms with E-state index < -0.39 is 17.8 Å². The Morgan fingerprint density at radius 1 is 1.23 bits per heavy atom. The van der Waals surface area contributed by atoms with Crippen molar-refractivity contribution in [2.75, 3.05) is 25.6 Å². The molecule has 4 heterocycles. The van der Waals surface area contributed by atoms with E-state index in [2.05, 4.69) is 25.7 Å². The number of fused-ring (bicyclic) bond motifs is 1. The average Bonchev–Trinajstić information content (AvgIpc) is 3.53. The Labute approximate surface area is 201 Å². The van der Waals surface area contributed by atoms with Crippen molar-refractivity contribution in [3.8, 4) is 5.75 Å². The van der Waals surface area contributed by atoms with Gasteiger partial charge in [0.2, 0.25) is 0 Å². The van der Waals surface area contributed by atoms with Gasteiger partial charge in [0.1, 0.15) is 11.5 Å². The molecule has 10 heteroatoms. The maximum atomic E-state index is 14.5. The van der Waals surface area contributed by atoms with Crippen LogP contribution in [0.25, 0.3) is 10.9 Å². The molecular weight excluding hydrogens is 451 g/mol. The molecular formula is C25H25FN6O3. The topological polar surface area (TPSA) is 103 Å². The van der Waals surface area contributed by atoms with E-state index in [1.165, 1.54) is 19.2 Å². The highest BCUT2D eigenvalue weighted by Gasteiger charge is 2.22. The first-order valence-electron chi connectivity index (χ1n) is 11.2. The summed E-state index contributed by atoms with van der Waals surface area (Å²) in [7, 11) is 3.18. The first-order chi connectivity index (χ1) is 17.0. The van der Waals surface area contributed by atoms with Crippen LogP contribution in [0.2, 0.25) is 0 Å². The molecule has 0 radical (unpaired) electrons. The molecule has 1 aromatic carbocycles. The normalized spacial score (nSPS) is 16.3. The van der Waals surface area contributed by atoms with Crippen LogP contribution in [0.5, 0.6) is 5.75 Å². The zero-order valence-electron chi connectivity index (χ0n) is 19.4. The Bertz CT molecular complexity index is 1370. The van der Waals surface area contributed by atoms with Gasteiger partial charge in [0, 0.05) is 43.1 Å². The highest BCUT2D eigenvalue weighted by atomic mass is 19.1. The molecule has 1 amide bonds. The Morgan fingerprint density at radius 2 is 2.11 bits per heavy atom. The van der Waals surface area contributed by atoms with Gasteiger partial charge in [-0.05, 0) is 36.2 Å². The summed E-state index contributed by atoms with van der Waals surface area (Å²) in [5, 5.41) is 11.3. The number of rotatable bonds is 7. The van der Waals surface area contributed by atoms with Gasteiger partial charge in [-0.15, -0.1) is 0 Å². The fraction of sp³-hybridized carbons (Fsp3) is 0.280. The van der Waals surface area contributed by atoms with Crippen LogP contribution in [0.15, 0.2) is 55.0 Å². The third-order valence-corrected chi connectivity index (χ3v) is 5.93. The Kier molecular flexibility index (Phi) is 6.28. The van der Waals surface area contributed by atoms with Crippen molar-refractivity contribution in [3.05, 3.63) is 77.6 Å². The van der Waals surface area contributed by atoms with Crippen molar-refractivity contribution >= 4 is 22.6 Å². The van der Waals surface area contributed by atoms with Gasteiger partial charge in [-0.25, -0.2) is 14.4 Å². The van der Waals surface area contributed by atoms with Crippen molar-refractivity contribution in [1.29, 1.82) is 0 Å². The van der Waals surface area contributed by atoms with Crippen LogP contribution in [-0.2, 0) is 11.8 Å². The van der Waals surface area contributed by atoms with Crippen LogP contribution >= 0.6 is 0 Å². The zero-order valence-corrected chi connectivity index (χ0v) is 19.4. The second-order valence-electron chi connectivity index (χ2n) is 8.41. The van der Waals surface area contributed by atoms with Crippen LogP contribution in [0.1, 0.15) is 34.1 Å². The number of amides is 1. The van der Waals surface area contributed by atoms with Crippen molar-refractivity contribution in [1.82, 2.24) is 25.1 Å². The second kappa shape index (κ2) is 9.67. The molecule has 9 nitrogen and oxygen atoms in total. The van der Waals surface area contributed by atoms with E-state index in [0.717, 1.165) is 18.4 Å². The molecule has 2 atom stereocenters. The summed E-state index contributed by atoms with van der Waals surface area (Å²) in [6.45, 7) is 1.36. The number of halogens is 1. The lowest BCUT2D eigenvalue weighted by Gasteiger charge is -2.19. The van der Waals surface area contributed by atoms with E-state index in [0.29, 0.717) is 29.1 Å². The lowest BCUT2D eigenvalue weighted by molar-refractivity contribution is 0.0938. The Morgan fingerprint density at radius 3 is 2.83 bits per heavy atom. The summed E-state index contributed by atoms with van der Waals surface area (Å²) in [4.78, 5) is 22.3. The quantitative estimate of drug-likeness (QED) is 0.422. The minimum atomic E-state index is -0.633. The highest BCUT2D eigenvalue weighted by molar-refractivity contribution is 5.95. The molecule has 0 spiro atoms. The van der Waals surface area contributed by atoms with Crippen molar-refractivity contribution in [2.45, 2.75) is 18.5 Å². The summed E-state index contributed by atoms with van der Waals surface area (Å²) >= 11 is 0. The summed E-state index contributed by atoms with van der Waals surface area (Å²) in [6, 6.07) is 9.44. The predicted molar refractivity (Wildman–Crippen MR) is 128 cm³/mol. The molecule has 35 heavy (non-hydrogen) atoms. The molecule has 0 aliphatic carbocycles. The number of carbonyl (C=O) groups is 1. The summed E-state index contributed by atoms with van der Waals surface area (Å²) in [6.07, 6.45) is 6.05. The highest BCUT2D eigenvalue weighted by Crippen LogP contribution is 2.27. The largest absolute Gasteiger partial charge is 0.494 e. The minimum Gasteiger partial charge on any atom is -0.494 e. The number of anilines is 1. The third kappa shape index (κ3) is 4.92. The van der Waals surface area contributed by atoms with Gasteiger partial charge in [-0.2, -0.15) is 5.10 Å². The third-order valence-electron chi connectivity index (χ3n) is 5.93. The monoisotopic (exact) mass is 476 g/mol. The van der Waals surface area contributed by atoms with Crippen molar-refractivity contribution in [2.24, 2.45) is 7.05 Å². The molecule has 0 bridgehead atoms. The lowest BCUT2D eigenvalue weighted by atomic mass is 10.0. The molecule has 180 valence electrons. The van der Waals surface area contributed by atoms with Crippen LogP contribution in [0.3, 0.4) is 0 Å². The second-order valence-corrected chi connectivity index (χ2v) is 8.41. The van der Waals surface area contributed by atoms with E-state index in [1.807, 2.05) is 6.07 Å². The van der Waals surface area contributed by atoms with Gasteiger partial charge in [0.15, 0.2) is 11.6 Å². The number of pyridine rings is 2.